The van der Waals surface area contributed by atoms with Crippen LogP contribution >= 0.6 is 58.2 Å². The fraction of sp³-hybridized carbons (Fsp3) is 0.0333. The molecule has 0 unspecified atom stereocenters. The molecule has 0 atom stereocenters. The summed E-state index contributed by atoms with van der Waals surface area (Å²) in [6.45, 7) is 0. The largest absolute Gasteiger partial charge is 0.325 e. The Labute approximate surface area is 261 Å². The van der Waals surface area contributed by atoms with Crippen LogP contribution in [0.3, 0.4) is 0 Å². The van der Waals surface area contributed by atoms with E-state index in [0.29, 0.717) is 42.6 Å². The SMILES string of the molecule is O=C(CSc1ccc(NC(=O)/C(=C/c2c(Cl)cccc2Cl)NC(=O)c2ccccc2)cc1)Nc1cc(Cl)cc(Cl)c1. The van der Waals surface area contributed by atoms with E-state index in [-0.39, 0.29) is 17.4 Å². The molecule has 4 rings (SSSR count). The molecule has 0 fully saturated rings. The molecule has 3 N–H and O–H groups in total. The molecule has 0 heterocycles. The van der Waals surface area contributed by atoms with Crippen LogP contribution in [0.5, 0.6) is 0 Å². The number of anilines is 2. The normalized spacial score (nSPS) is 11.1. The number of hydrogen-bond acceptors (Lipinski definition) is 4. The quantitative estimate of drug-likeness (QED) is 0.126. The van der Waals surface area contributed by atoms with Crippen molar-refractivity contribution < 1.29 is 14.4 Å². The summed E-state index contributed by atoms with van der Waals surface area (Å²) in [6.07, 6.45) is 1.43. The maximum absolute atomic E-state index is 13.3. The fourth-order valence-electron chi connectivity index (χ4n) is 3.54. The van der Waals surface area contributed by atoms with E-state index in [1.807, 2.05) is 0 Å². The fourth-order valence-corrected chi connectivity index (χ4v) is 5.27. The van der Waals surface area contributed by atoms with Crippen LogP contribution in [0, 0.1) is 0 Å². The third-order valence-electron chi connectivity index (χ3n) is 5.45. The zero-order valence-electron chi connectivity index (χ0n) is 21.1. The van der Waals surface area contributed by atoms with Crippen molar-refractivity contribution >= 4 is 93.3 Å². The number of nitrogens with one attached hydrogen (secondary N) is 3. The standard InChI is InChI=1S/C30H21Cl4N3O3S/c31-19-13-20(32)15-22(14-19)35-28(38)17-41-23-11-9-21(10-12-23)36-30(40)27(16-24-25(33)7-4-8-26(24)34)37-29(39)18-5-2-1-3-6-18/h1-16H,17H2,(H,35,38)(H,36,40)(H,37,39)/b27-16-. The topological polar surface area (TPSA) is 87.3 Å². The lowest BCUT2D eigenvalue weighted by Gasteiger charge is -2.13. The van der Waals surface area contributed by atoms with Crippen LogP contribution in [0.2, 0.25) is 20.1 Å². The van der Waals surface area contributed by atoms with Gasteiger partial charge < -0.3 is 16.0 Å². The molecule has 11 heteroatoms. The van der Waals surface area contributed by atoms with Gasteiger partial charge in [-0.15, -0.1) is 11.8 Å². The van der Waals surface area contributed by atoms with Gasteiger partial charge in [-0.3, -0.25) is 14.4 Å². The molecule has 4 aromatic rings. The average molecular weight is 645 g/mol. The van der Waals surface area contributed by atoms with E-state index < -0.39 is 11.8 Å². The molecule has 6 nitrogen and oxygen atoms in total. The first-order valence-corrected chi connectivity index (χ1v) is 14.5. The molecule has 4 aromatic carbocycles. The number of thioether (sulfide) groups is 1. The van der Waals surface area contributed by atoms with Crippen molar-refractivity contribution in [2.24, 2.45) is 0 Å². The molecule has 0 spiro atoms. The van der Waals surface area contributed by atoms with E-state index in [4.69, 9.17) is 46.4 Å². The minimum atomic E-state index is -0.578. The van der Waals surface area contributed by atoms with Crippen molar-refractivity contribution in [3.05, 3.63) is 128 Å². The highest BCUT2D eigenvalue weighted by Gasteiger charge is 2.17. The van der Waals surface area contributed by atoms with Gasteiger partial charge in [-0.1, -0.05) is 70.7 Å². The Morgan fingerprint density at radius 1 is 0.707 bits per heavy atom. The summed E-state index contributed by atoms with van der Waals surface area (Å²) < 4.78 is 0. The van der Waals surface area contributed by atoms with Gasteiger partial charge in [-0.05, 0) is 72.8 Å². The van der Waals surface area contributed by atoms with Crippen LogP contribution in [0.1, 0.15) is 15.9 Å². The zero-order valence-corrected chi connectivity index (χ0v) is 24.9. The first-order valence-electron chi connectivity index (χ1n) is 12.0. The molecule has 0 aliphatic heterocycles. The van der Waals surface area contributed by atoms with Gasteiger partial charge in [0.15, 0.2) is 0 Å². The first-order chi connectivity index (χ1) is 19.7. The van der Waals surface area contributed by atoms with E-state index >= 15 is 0 Å². The Morgan fingerprint density at radius 2 is 1.34 bits per heavy atom. The van der Waals surface area contributed by atoms with Crippen molar-refractivity contribution in [3.8, 4) is 0 Å². The lowest BCUT2D eigenvalue weighted by Crippen LogP contribution is -2.30. The van der Waals surface area contributed by atoms with Crippen LogP contribution in [-0.4, -0.2) is 23.5 Å². The Bertz CT molecular complexity index is 1570. The number of amides is 3. The minimum absolute atomic E-state index is 0.0508. The monoisotopic (exact) mass is 643 g/mol. The third kappa shape index (κ3) is 9.01. The van der Waals surface area contributed by atoms with Gasteiger partial charge in [0.2, 0.25) is 5.91 Å². The van der Waals surface area contributed by atoms with Crippen LogP contribution in [0.4, 0.5) is 11.4 Å². The van der Waals surface area contributed by atoms with E-state index in [0.717, 1.165) is 4.90 Å². The zero-order chi connectivity index (χ0) is 29.4. The summed E-state index contributed by atoms with van der Waals surface area (Å²) in [7, 11) is 0. The maximum Gasteiger partial charge on any atom is 0.272 e. The summed E-state index contributed by atoms with van der Waals surface area (Å²) in [5, 5.41) is 9.66. The van der Waals surface area contributed by atoms with Crippen LogP contribution < -0.4 is 16.0 Å². The van der Waals surface area contributed by atoms with E-state index in [1.165, 1.54) is 17.8 Å². The number of carbonyl (C=O) groups is 3. The highest BCUT2D eigenvalue weighted by molar-refractivity contribution is 8.00. The second kappa shape index (κ2) is 14.4. The van der Waals surface area contributed by atoms with Crippen molar-refractivity contribution in [2.75, 3.05) is 16.4 Å². The Hall–Kier alpha value is -3.46. The molecule has 0 aromatic heterocycles. The van der Waals surface area contributed by atoms with E-state index in [9.17, 15) is 14.4 Å². The molecule has 0 saturated heterocycles. The Balaban J connectivity index is 1.43. The second-order valence-electron chi connectivity index (χ2n) is 8.49. The first kappa shape index (κ1) is 30.5. The maximum atomic E-state index is 13.3. The van der Waals surface area contributed by atoms with Gasteiger partial charge in [0.1, 0.15) is 5.70 Å². The highest BCUT2D eigenvalue weighted by atomic mass is 35.5. The van der Waals surface area contributed by atoms with Crippen molar-refractivity contribution in [3.63, 3.8) is 0 Å². The molecule has 0 radical (unpaired) electrons. The molecule has 0 saturated carbocycles. The summed E-state index contributed by atoms with van der Waals surface area (Å²) >= 11 is 25.9. The average Bonchev–Trinajstić information content (AvgIpc) is 2.94. The van der Waals surface area contributed by atoms with E-state index in [1.54, 1.807) is 91.0 Å². The number of benzene rings is 4. The van der Waals surface area contributed by atoms with Gasteiger partial charge in [0, 0.05) is 47.5 Å². The Kier molecular flexibility index (Phi) is 10.7. The van der Waals surface area contributed by atoms with Crippen LogP contribution in [0.25, 0.3) is 6.08 Å². The lowest BCUT2D eigenvalue weighted by atomic mass is 10.1. The summed E-state index contributed by atoms with van der Waals surface area (Å²) in [5.74, 6) is -1.13. The summed E-state index contributed by atoms with van der Waals surface area (Å²) in [6, 6.07) is 25.1. The molecule has 0 bridgehead atoms. The minimum Gasteiger partial charge on any atom is -0.325 e. The number of halogens is 4. The summed E-state index contributed by atoms with van der Waals surface area (Å²) in [4.78, 5) is 39.3. The number of carbonyl (C=O) groups excluding carboxylic acids is 3. The van der Waals surface area contributed by atoms with Gasteiger partial charge in [-0.25, -0.2) is 0 Å². The third-order valence-corrected chi connectivity index (χ3v) is 7.55. The molecule has 208 valence electrons. The predicted octanol–water partition coefficient (Wildman–Crippen LogP) is 8.44. The summed E-state index contributed by atoms with van der Waals surface area (Å²) in [5.41, 5.74) is 1.69. The molecule has 0 aliphatic carbocycles. The van der Waals surface area contributed by atoms with Crippen LogP contribution in [-0.2, 0) is 9.59 Å². The molecule has 0 aliphatic rings. The van der Waals surface area contributed by atoms with Crippen molar-refractivity contribution in [1.82, 2.24) is 5.32 Å². The van der Waals surface area contributed by atoms with Crippen LogP contribution in [0.15, 0.2) is 102 Å². The second-order valence-corrected chi connectivity index (χ2v) is 11.2. The smallest absolute Gasteiger partial charge is 0.272 e. The highest BCUT2D eigenvalue weighted by Crippen LogP contribution is 2.27. The molecular weight excluding hydrogens is 624 g/mol. The molecule has 3 amide bonds. The molecular formula is C30H21Cl4N3O3S. The van der Waals surface area contributed by atoms with Gasteiger partial charge >= 0.3 is 0 Å². The van der Waals surface area contributed by atoms with Gasteiger partial charge in [-0.2, -0.15) is 0 Å². The van der Waals surface area contributed by atoms with Gasteiger partial charge in [0.25, 0.3) is 11.8 Å². The predicted molar refractivity (Wildman–Crippen MR) is 169 cm³/mol. The molecule has 41 heavy (non-hydrogen) atoms. The van der Waals surface area contributed by atoms with Crippen molar-refractivity contribution in [2.45, 2.75) is 4.90 Å². The van der Waals surface area contributed by atoms with Gasteiger partial charge in [0.05, 0.1) is 5.75 Å². The van der Waals surface area contributed by atoms with E-state index in [2.05, 4.69) is 16.0 Å². The Morgan fingerprint density at radius 3 is 1.98 bits per heavy atom. The number of hydrogen-bond donors (Lipinski definition) is 3. The van der Waals surface area contributed by atoms with Crippen molar-refractivity contribution in [1.29, 1.82) is 0 Å². The lowest BCUT2D eigenvalue weighted by molar-refractivity contribution is -0.114. The number of rotatable bonds is 9.